The van der Waals surface area contributed by atoms with E-state index in [1.54, 1.807) is 18.2 Å². The summed E-state index contributed by atoms with van der Waals surface area (Å²) in [5, 5.41) is 16.3. The van der Waals surface area contributed by atoms with Gasteiger partial charge in [0.1, 0.15) is 17.9 Å². The van der Waals surface area contributed by atoms with E-state index in [0.717, 1.165) is 17.0 Å². The summed E-state index contributed by atoms with van der Waals surface area (Å²) < 4.78 is 41.0. The summed E-state index contributed by atoms with van der Waals surface area (Å²) in [5.41, 5.74) is 1.49. The minimum Gasteiger partial charge on any atom is -0.442 e. The summed E-state index contributed by atoms with van der Waals surface area (Å²) in [5.74, 6) is -2.10. The van der Waals surface area contributed by atoms with Gasteiger partial charge in [-0.25, -0.2) is 13.6 Å². The molecule has 11 heteroatoms. The molecule has 2 heterocycles. The number of amides is 2. The Hall–Kier alpha value is -3.44. The molecule has 0 aromatic heterocycles. The number of anilines is 2. The number of halogens is 2. The Kier molecular flexibility index (Phi) is 8.13. The van der Waals surface area contributed by atoms with Crippen molar-refractivity contribution >= 4 is 23.4 Å². The summed E-state index contributed by atoms with van der Waals surface area (Å²) in [4.78, 5) is 26.6. The van der Waals surface area contributed by atoms with Crippen LogP contribution in [0.4, 0.5) is 25.0 Å². The van der Waals surface area contributed by atoms with E-state index >= 15 is 8.78 Å². The lowest BCUT2D eigenvalue weighted by Gasteiger charge is -2.32. The minimum atomic E-state index is -0.890. The Morgan fingerprint density at radius 3 is 2.49 bits per heavy atom. The quantitative estimate of drug-likeness (QED) is 0.510. The molecule has 0 saturated carbocycles. The van der Waals surface area contributed by atoms with Gasteiger partial charge in [-0.1, -0.05) is 13.8 Å². The van der Waals surface area contributed by atoms with Crippen LogP contribution >= 0.6 is 0 Å². The van der Waals surface area contributed by atoms with Crippen LogP contribution in [0.2, 0.25) is 0 Å². The van der Waals surface area contributed by atoms with Crippen molar-refractivity contribution < 1.29 is 33.0 Å². The minimum absolute atomic E-state index is 0.00951. The zero-order chi connectivity index (χ0) is 26.7. The fourth-order valence-electron chi connectivity index (χ4n) is 4.51. The molecule has 0 bridgehead atoms. The Labute approximate surface area is 214 Å². The largest absolute Gasteiger partial charge is 0.442 e. The van der Waals surface area contributed by atoms with Crippen molar-refractivity contribution in [1.82, 2.24) is 10.2 Å². The van der Waals surface area contributed by atoms with E-state index in [0.29, 0.717) is 43.3 Å². The first-order chi connectivity index (χ1) is 17.6. The number of carbonyl (C=O) groups excluding carboxylic acids is 2. The van der Waals surface area contributed by atoms with E-state index in [9.17, 15) is 14.7 Å². The van der Waals surface area contributed by atoms with Crippen molar-refractivity contribution in [3.8, 4) is 0 Å². The van der Waals surface area contributed by atoms with Crippen LogP contribution in [0.15, 0.2) is 47.3 Å². The molecular weight excluding hydrogens is 486 g/mol. The highest BCUT2D eigenvalue weighted by Gasteiger charge is 2.33. The summed E-state index contributed by atoms with van der Waals surface area (Å²) >= 11 is 0. The van der Waals surface area contributed by atoms with Crippen LogP contribution in [0.1, 0.15) is 20.8 Å². The average molecular weight is 519 g/mol. The van der Waals surface area contributed by atoms with Crippen LogP contribution in [-0.2, 0) is 14.3 Å². The fourth-order valence-corrected chi connectivity index (χ4v) is 4.51. The SMILES string of the molecule is CC(=O)NC[C@H]1CN(c2cc(F)c(NC3=CC=C(N4CCOCC4)C(O)C=C3C(C)C)c(F)c2)C(=O)O1. The fraction of sp³-hybridized carbons (Fsp3) is 0.462. The molecule has 3 N–H and O–H groups in total. The maximum absolute atomic E-state index is 15.2. The van der Waals surface area contributed by atoms with Crippen LogP contribution in [0.3, 0.4) is 0 Å². The van der Waals surface area contributed by atoms with E-state index in [1.165, 1.54) is 6.92 Å². The average Bonchev–Trinajstić information content (AvgIpc) is 3.14. The van der Waals surface area contributed by atoms with Gasteiger partial charge in [-0.15, -0.1) is 0 Å². The number of aliphatic hydroxyl groups excluding tert-OH is 1. The lowest BCUT2D eigenvalue weighted by Crippen LogP contribution is -2.38. The van der Waals surface area contributed by atoms with Crippen molar-refractivity contribution in [1.29, 1.82) is 0 Å². The van der Waals surface area contributed by atoms with Gasteiger partial charge in [0, 0.05) is 43.5 Å². The summed E-state index contributed by atoms with van der Waals surface area (Å²) in [6, 6.07) is 2.13. The van der Waals surface area contributed by atoms with Gasteiger partial charge in [0.2, 0.25) is 5.91 Å². The van der Waals surface area contributed by atoms with Crippen molar-refractivity contribution in [2.45, 2.75) is 33.0 Å². The molecule has 1 aromatic carbocycles. The van der Waals surface area contributed by atoms with Crippen LogP contribution in [0.5, 0.6) is 0 Å². The van der Waals surface area contributed by atoms with Crippen molar-refractivity contribution in [3.05, 3.63) is 59.0 Å². The third-order valence-electron chi connectivity index (χ3n) is 6.42. The number of aliphatic hydroxyl groups is 1. The molecule has 2 saturated heterocycles. The number of cyclic esters (lactones) is 1. The van der Waals surface area contributed by atoms with E-state index in [1.807, 2.05) is 18.7 Å². The molecule has 200 valence electrons. The summed E-state index contributed by atoms with van der Waals surface area (Å²) in [7, 11) is 0. The number of hydrogen-bond donors (Lipinski definition) is 3. The van der Waals surface area contributed by atoms with Gasteiger partial charge in [-0.05, 0) is 29.7 Å². The van der Waals surface area contributed by atoms with E-state index in [4.69, 9.17) is 9.47 Å². The number of ether oxygens (including phenoxy) is 2. The molecule has 0 spiro atoms. The van der Waals surface area contributed by atoms with Crippen LogP contribution in [0.25, 0.3) is 0 Å². The van der Waals surface area contributed by atoms with Gasteiger partial charge in [-0.2, -0.15) is 0 Å². The maximum atomic E-state index is 15.2. The van der Waals surface area contributed by atoms with E-state index in [-0.39, 0.29) is 36.3 Å². The van der Waals surface area contributed by atoms with E-state index < -0.39 is 29.9 Å². The highest BCUT2D eigenvalue weighted by atomic mass is 19.1. The highest BCUT2D eigenvalue weighted by molar-refractivity contribution is 5.90. The second-order valence-electron chi connectivity index (χ2n) is 9.46. The van der Waals surface area contributed by atoms with Gasteiger partial charge in [0.25, 0.3) is 0 Å². The predicted octanol–water partition coefficient (Wildman–Crippen LogP) is 2.89. The first kappa shape index (κ1) is 26.6. The summed E-state index contributed by atoms with van der Waals surface area (Å²) in [6.45, 7) is 7.74. The Morgan fingerprint density at radius 1 is 1.19 bits per heavy atom. The lowest BCUT2D eigenvalue weighted by atomic mass is 9.98. The van der Waals surface area contributed by atoms with Gasteiger partial charge in [0.15, 0.2) is 11.6 Å². The van der Waals surface area contributed by atoms with Gasteiger partial charge in [-0.3, -0.25) is 9.69 Å². The molecule has 1 aliphatic carbocycles. The maximum Gasteiger partial charge on any atom is 0.414 e. The van der Waals surface area contributed by atoms with Crippen LogP contribution in [0, 0.1) is 17.6 Å². The molecule has 2 atom stereocenters. The van der Waals surface area contributed by atoms with Crippen LogP contribution < -0.4 is 15.5 Å². The molecule has 2 aliphatic heterocycles. The molecule has 1 aromatic rings. The Morgan fingerprint density at radius 2 is 1.86 bits per heavy atom. The topological polar surface area (TPSA) is 103 Å². The molecule has 37 heavy (non-hydrogen) atoms. The summed E-state index contributed by atoms with van der Waals surface area (Å²) in [6.07, 6.45) is 2.90. The smallest absolute Gasteiger partial charge is 0.414 e. The first-order valence-corrected chi connectivity index (χ1v) is 12.3. The molecule has 2 amide bonds. The molecule has 9 nitrogen and oxygen atoms in total. The second kappa shape index (κ2) is 11.3. The lowest BCUT2D eigenvalue weighted by molar-refractivity contribution is -0.119. The second-order valence-corrected chi connectivity index (χ2v) is 9.46. The van der Waals surface area contributed by atoms with Gasteiger partial charge >= 0.3 is 6.09 Å². The monoisotopic (exact) mass is 518 g/mol. The number of morpholine rings is 1. The molecule has 3 aliphatic rings. The normalized spacial score (nSPS) is 22.2. The number of benzene rings is 1. The number of nitrogens with zero attached hydrogens (tertiary/aromatic N) is 2. The molecular formula is C26H32F2N4O5. The zero-order valence-electron chi connectivity index (χ0n) is 21.1. The number of rotatable bonds is 7. The Bertz CT molecular complexity index is 1120. The number of carbonyl (C=O) groups is 2. The van der Waals surface area contributed by atoms with E-state index in [2.05, 4.69) is 10.6 Å². The molecule has 4 rings (SSSR count). The first-order valence-electron chi connectivity index (χ1n) is 12.3. The zero-order valence-corrected chi connectivity index (χ0v) is 21.1. The Balaban J connectivity index is 1.57. The van der Waals surface area contributed by atoms with Crippen molar-refractivity contribution in [2.24, 2.45) is 5.92 Å². The van der Waals surface area contributed by atoms with Gasteiger partial charge < -0.3 is 30.1 Å². The van der Waals surface area contributed by atoms with Crippen LogP contribution in [-0.4, -0.2) is 73.6 Å². The number of hydrogen-bond acceptors (Lipinski definition) is 7. The molecule has 1 unspecified atom stereocenters. The molecule has 0 radical (unpaired) electrons. The predicted molar refractivity (Wildman–Crippen MR) is 134 cm³/mol. The number of nitrogens with one attached hydrogen (secondary N) is 2. The third-order valence-corrected chi connectivity index (χ3v) is 6.42. The standard InChI is InChI=1S/C26H32F2N4O5/c1-15(2)19-12-24(34)23(31-6-8-36-9-7-31)5-4-22(19)30-25-20(27)10-17(11-21(25)28)32-14-18(37-26(32)35)13-29-16(3)33/h4-5,10-12,15,18,24,30,34H,6-9,13-14H2,1-3H3,(H,29,33)/t18-,24?/m0/s1. The third kappa shape index (κ3) is 6.11. The van der Waals surface area contributed by atoms with Gasteiger partial charge in [0.05, 0.1) is 32.0 Å². The molecule has 2 fully saturated rings. The highest BCUT2D eigenvalue weighted by Crippen LogP contribution is 2.33. The van der Waals surface area contributed by atoms with Crippen molar-refractivity contribution in [3.63, 3.8) is 0 Å². The van der Waals surface area contributed by atoms with Crippen molar-refractivity contribution in [2.75, 3.05) is 49.6 Å². The number of allylic oxidation sites excluding steroid dienone is 3.